The lowest BCUT2D eigenvalue weighted by molar-refractivity contribution is -0.138. The SMILES string of the molecule is CCCCOC(=O)NC(=O)N(N=Nc1cc(C(F)(F)F)ccc1C#N)c1cc(C(F)(F)F)ccc1C#N. The van der Waals surface area contributed by atoms with Gasteiger partial charge in [-0.2, -0.15) is 41.9 Å². The van der Waals surface area contributed by atoms with Crippen molar-refractivity contribution in [3.8, 4) is 12.1 Å². The number of unbranched alkanes of at least 4 members (excludes halogenated alkanes) is 1. The topological polar surface area (TPSA) is 131 Å². The first-order valence-electron chi connectivity index (χ1n) is 10.2. The van der Waals surface area contributed by atoms with Gasteiger partial charge in [0.2, 0.25) is 0 Å². The maximum absolute atomic E-state index is 13.3. The first-order chi connectivity index (χ1) is 17.3. The summed E-state index contributed by atoms with van der Waals surface area (Å²) in [5.41, 5.74) is -4.97. The van der Waals surface area contributed by atoms with E-state index in [1.165, 1.54) is 0 Å². The standard InChI is InChI=1S/C22H16F6N6O3/c1-2-3-8-37-20(36)31-19(35)34(18-10-16(22(26,27)28)7-5-14(18)12-30)33-32-17-9-15(21(23,24)25)6-4-13(17)11-29/h4-7,9-10H,2-3,8H2,1H3,(H,31,35,36). The molecule has 0 atom stereocenters. The molecule has 0 saturated carbocycles. The molecular weight excluding hydrogens is 510 g/mol. The molecule has 0 aliphatic heterocycles. The number of nitriles is 2. The van der Waals surface area contributed by atoms with Gasteiger partial charge in [0.05, 0.1) is 34.5 Å². The summed E-state index contributed by atoms with van der Waals surface area (Å²) in [7, 11) is 0. The number of nitrogens with one attached hydrogen (secondary N) is 1. The summed E-state index contributed by atoms with van der Waals surface area (Å²) in [5.74, 6) is 0. The Hall–Kier alpha value is -4.66. The fraction of sp³-hybridized carbons (Fsp3) is 0.273. The number of hydrogen-bond donors (Lipinski definition) is 1. The molecule has 0 aromatic heterocycles. The number of carbonyl (C=O) groups excluding carboxylic acids is 2. The van der Waals surface area contributed by atoms with E-state index in [0.717, 1.165) is 12.1 Å². The average molecular weight is 526 g/mol. The minimum atomic E-state index is -4.92. The van der Waals surface area contributed by atoms with Crippen LogP contribution in [0.2, 0.25) is 0 Å². The molecule has 194 valence electrons. The summed E-state index contributed by atoms with van der Waals surface area (Å²) < 4.78 is 83.9. The van der Waals surface area contributed by atoms with Crippen molar-refractivity contribution in [2.24, 2.45) is 10.3 Å². The Balaban J connectivity index is 2.61. The molecule has 15 heteroatoms. The number of nitrogens with zero attached hydrogens (tertiary/aromatic N) is 5. The second kappa shape index (κ2) is 11.9. The molecule has 37 heavy (non-hydrogen) atoms. The fourth-order valence-corrected chi connectivity index (χ4v) is 2.64. The van der Waals surface area contributed by atoms with Crippen molar-refractivity contribution >= 4 is 23.5 Å². The quantitative estimate of drug-likeness (QED) is 0.196. The minimum Gasteiger partial charge on any atom is -0.449 e. The zero-order chi connectivity index (χ0) is 27.8. The smallest absolute Gasteiger partial charge is 0.416 e. The van der Waals surface area contributed by atoms with Crippen LogP contribution in [0.1, 0.15) is 42.0 Å². The molecule has 3 amide bonds. The van der Waals surface area contributed by atoms with Crippen molar-refractivity contribution in [3.05, 3.63) is 58.7 Å². The highest BCUT2D eigenvalue weighted by molar-refractivity contribution is 6.01. The molecule has 2 aromatic carbocycles. The molecule has 0 heterocycles. The van der Waals surface area contributed by atoms with Crippen LogP contribution in [0.5, 0.6) is 0 Å². The van der Waals surface area contributed by atoms with Crippen molar-refractivity contribution in [2.45, 2.75) is 32.1 Å². The van der Waals surface area contributed by atoms with Crippen LogP contribution in [0.15, 0.2) is 46.7 Å². The van der Waals surface area contributed by atoms with E-state index in [2.05, 4.69) is 10.3 Å². The summed E-state index contributed by atoms with van der Waals surface area (Å²) in [6.07, 6.45) is -10.00. The number of amides is 3. The van der Waals surface area contributed by atoms with Gasteiger partial charge in [-0.3, -0.25) is 0 Å². The Labute approximate surface area is 205 Å². The highest BCUT2D eigenvalue weighted by Crippen LogP contribution is 2.35. The molecule has 0 radical (unpaired) electrons. The number of carbonyl (C=O) groups is 2. The van der Waals surface area contributed by atoms with Gasteiger partial charge in [0, 0.05) is 0 Å². The Kier molecular flexibility index (Phi) is 9.15. The Morgan fingerprint density at radius 2 is 1.54 bits per heavy atom. The van der Waals surface area contributed by atoms with Crippen LogP contribution < -0.4 is 10.3 Å². The Bertz CT molecular complexity index is 1280. The van der Waals surface area contributed by atoms with Crippen LogP contribution in [0.25, 0.3) is 0 Å². The number of alkyl carbamates (subject to hydrolysis) is 1. The van der Waals surface area contributed by atoms with E-state index >= 15 is 0 Å². The zero-order valence-electron chi connectivity index (χ0n) is 18.8. The van der Waals surface area contributed by atoms with Gasteiger partial charge < -0.3 is 4.74 Å². The molecule has 9 nitrogen and oxygen atoms in total. The van der Waals surface area contributed by atoms with Crippen molar-refractivity contribution < 1.29 is 40.7 Å². The van der Waals surface area contributed by atoms with Crippen molar-refractivity contribution in [1.82, 2.24) is 5.32 Å². The molecule has 2 rings (SSSR count). The maximum Gasteiger partial charge on any atom is 0.416 e. The van der Waals surface area contributed by atoms with Gasteiger partial charge in [0.1, 0.15) is 17.8 Å². The lowest BCUT2D eigenvalue weighted by Gasteiger charge is -2.19. The summed E-state index contributed by atoms with van der Waals surface area (Å²) in [5, 5.41) is 27.1. The number of halogens is 6. The largest absolute Gasteiger partial charge is 0.449 e. The third-order valence-corrected chi connectivity index (χ3v) is 4.49. The molecule has 0 saturated heterocycles. The van der Waals surface area contributed by atoms with E-state index in [4.69, 9.17) is 4.74 Å². The van der Waals surface area contributed by atoms with Gasteiger partial charge in [-0.05, 0) is 42.8 Å². The monoisotopic (exact) mass is 526 g/mol. The van der Waals surface area contributed by atoms with Crippen molar-refractivity contribution in [1.29, 1.82) is 10.5 Å². The lowest BCUT2D eigenvalue weighted by Crippen LogP contribution is -2.41. The number of anilines is 1. The van der Waals surface area contributed by atoms with E-state index in [1.807, 2.05) is 0 Å². The molecule has 0 fully saturated rings. The predicted molar refractivity (Wildman–Crippen MR) is 114 cm³/mol. The van der Waals surface area contributed by atoms with E-state index in [0.29, 0.717) is 37.1 Å². The molecule has 0 aliphatic rings. The number of urea groups is 1. The Morgan fingerprint density at radius 3 is 2.08 bits per heavy atom. The summed E-state index contributed by atoms with van der Waals surface area (Å²) in [6, 6.07) is 5.00. The second-order valence-electron chi connectivity index (χ2n) is 7.10. The number of alkyl halides is 6. The van der Waals surface area contributed by atoms with Gasteiger partial charge in [-0.15, -0.1) is 5.11 Å². The predicted octanol–water partition coefficient (Wildman–Crippen LogP) is 6.62. The Morgan fingerprint density at radius 1 is 0.973 bits per heavy atom. The molecule has 0 bridgehead atoms. The molecule has 0 aliphatic carbocycles. The van der Waals surface area contributed by atoms with Crippen LogP contribution >= 0.6 is 0 Å². The van der Waals surface area contributed by atoms with Crippen LogP contribution in [0.4, 0.5) is 47.3 Å². The van der Waals surface area contributed by atoms with Gasteiger partial charge in [0.15, 0.2) is 0 Å². The van der Waals surface area contributed by atoms with E-state index in [9.17, 15) is 46.5 Å². The van der Waals surface area contributed by atoms with Crippen molar-refractivity contribution in [3.63, 3.8) is 0 Å². The van der Waals surface area contributed by atoms with Gasteiger partial charge >= 0.3 is 24.5 Å². The van der Waals surface area contributed by atoms with Crippen LogP contribution in [-0.4, -0.2) is 18.7 Å². The van der Waals surface area contributed by atoms with Crippen molar-refractivity contribution in [2.75, 3.05) is 11.6 Å². The summed E-state index contributed by atoms with van der Waals surface area (Å²) >= 11 is 0. The molecule has 0 spiro atoms. The molecule has 0 unspecified atom stereocenters. The number of rotatable bonds is 6. The fourth-order valence-electron chi connectivity index (χ4n) is 2.64. The van der Waals surface area contributed by atoms with E-state index in [1.54, 1.807) is 24.4 Å². The molecular formula is C22H16F6N6O3. The first kappa shape index (κ1) is 28.6. The van der Waals surface area contributed by atoms with Gasteiger partial charge in [0.25, 0.3) is 0 Å². The average Bonchev–Trinajstić information content (AvgIpc) is 2.82. The zero-order valence-corrected chi connectivity index (χ0v) is 18.8. The summed E-state index contributed by atoms with van der Waals surface area (Å²) in [4.78, 5) is 24.7. The molecule has 2 aromatic rings. The minimum absolute atomic E-state index is 0.0658. The number of ether oxygens (including phenoxy) is 1. The normalized spacial score (nSPS) is 11.5. The van der Waals surface area contributed by atoms with E-state index in [-0.39, 0.29) is 11.6 Å². The number of benzene rings is 2. The molecule has 1 N–H and O–H groups in total. The maximum atomic E-state index is 13.3. The summed E-state index contributed by atoms with van der Waals surface area (Å²) in [6.45, 7) is 1.69. The number of hydrogen-bond acceptors (Lipinski definition) is 7. The highest BCUT2D eigenvalue weighted by atomic mass is 19.4. The van der Waals surface area contributed by atoms with E-state index < -0.39 is 58.1 Å². The first-order valence-corrected chi connectivity index (χ1v) is 10.2. The van der Waals surface area contributed by atoms with Gasteiger partial charge in [-0.1, -0.05) is 18.6 Å². The third-order valence-electron chi connectivity index (χ3n) is 4.49. The van der Waals surface area contributed by atoms with Crippen LogP contribution in [0.3, 0.4) is 0 Å². The van der Waals surface area contributed by atoms with Crippen LogP contribution in [-0.2, 0) is 17.1 Å². The highest BCUT2D eigenvalue weighted by Gasteiger charge is 2.33. The van der Waals surface area contributed by atoms with Crippen LogP contribution in [0, 0.1) is 22.7 Å². The lowest BCUT2D eigenvalue weighted by atomic mass is 10.1. The second-order valence-corrected chi connectivity index (χ2v) is 7.10. The number of imide groups is 1. The van der Waals surface area contributed by atoms with Gasteiger partial charge in [-0.25, -0.2) is 14.9 Å². The third kappa shape index (κ3) is 7.66.